The van der Waals surface area contributed by atoms with Crippen LogP contribution < -0.4 is 15.4 Å². The van der Waals surface area contributed by atoms with Crippen LogP contribution in [0.2, 0.25) is 0 Å². The van der Waals surface area contributed by atoms with Crippen LogP contribution >= 0.6 is 0 Å². The Balaban J connectivity index is 1.52. The van der Waals surface area contributed by atoms with Gasteiger partial charge in [-0.1, -0.05) is 31.4 Å². The van der Waals surface area contributed by atoms with Crippen molar-refractivity contribution < 1.29 is 9.53 Å². The predicted molar refractivity (Wildman–Crippen MR) is 104 cm³/mol. The van der Waals surface area contributed by atoms with Gasteiger partial charge in [-0.05, 0) is 30.5 Å². The summed E-state index contributed by atoms with van der Waals surface area (Å²) in [6.45, 7) is 2.28. The standard InChI is InChI=1S/C21H28N4O2/c1-27-16-7-5-15(6-8-16)21(10-3-2-4-11-21)14-23-20(26)19-17-13-22-12-9-18(17)24-25-19/h5-8,22H,2-4,9-14H2,1H3,(H,23,26)(H,24,25). The van der Waals surface area contributed by atoms with Crippen molar-refractivity contribution in [2.24, 2.45) is 0 Å². The number of carbonyl (C=O) groups is 1. The van der Waals surface area contributed by atoms with Gasteiger partial charge in [-0.15, -0.1) is 0 Å². The van der Waals surface area contributed by atoms with E-state index < -0.39 is 0 Å². The highest BCUT2D eigenvalue weighted by atomic mass is 16.5. The highest BCUT2D eigenvalue weighted by Crippen LogP contribution is 2.39. The number of rotatable bonds is 5. The Morgan fingerprint density at radius 3 is 2.74 bits per heavy atom. The van der Waals surface area contributed by atoms with Crippen LogP contribution in [0.15, 0.2) is 24.3 Å². The minimum Gasteiger partial charge on any atom is -0.497 e. The first-order valence-corrected chi connectivity index (χ1v) is 9.91. The van der Waals surface area contributed by atoms with Gasteiger partial charge < -0.3 is 15.4 Å². The van der Waals surface area contributed by atoms with Crippen molar-refractivity contribution in [1.82, 2.24) is 20.8 Å². The molecule has 6 nitrogen and oxygen atoms in total. The fourth-order valence-corrected chi connectivity index (χ4v) is 4.49. The van der Waals surface area contributed by atoms with Gasteiger partial charge in [0.1, 0.15) is 5.75 Å². The van der Waals surface area contributed by atoms with Crippen molar-refractivity contribution in [3.63, 3.8) is 0 Å². The number of aromatic amines is 1. The lowest BCUT2D eigenvalue weighted by Crippen LogP contribution is -2.42. The summed E-state index contributed by atoms with van der Waals surface area (Å²) in [4.78, 5) is 12.9. The van der Waals surface area contributed by atoms with Crippen LogP contribution in [0.4, 0.5) is 0 Å². The van der Waals surface area contributed by atoms with Crippen LogP contribution in [-0.4, -0.2) is 36.3 Å². The molecule has 0 bridgehead atoms. The van der Waals surface area contributed by atoms with Gasteiger partial charge >= 0.3 is 0 Å². The summed E-state index contributed by atoms with van der Waals surface area (Å²) in [7, 11) is 1.69. The van der Waals surface area contributed by atoms with E-state index in [0.717, 1.165) is 42.8 Å². The Morgan fingerprint density at radius 2 is 2.00 bits per heavy atom. The molecule has 2 aromatic rings. The van der Waals surface area contributed by atoms with Crippen molar-refractivity contribution in [1.29, 1.82) is 0 Å². The Morgan fingerprint density at radius 1 is 1.22 bits per heavy atom. The van der Waals surface area contributed by atoms with E-state index in [1.165, 1.54) is 24.8 Å². The number of benzene rings is 1. The van der Waals surface area contributed by atoms with Crippen LogP contribution in [-0.2, 0) is 18.4 Å². The van der Waals surface area contributed by atoms with E-state index in [-0.39, 0.29) is 11.3 Å². The molecule has 27 heavy (non-hydrogen) atoms. The maximum atomic E-state index is 12.9. The third-order valence-corrected chi connectivity index (χ3v) is 6.12. The van der Waals surface area contributed by atoms with Crippen LogP contribution in [0.3, 0.4) is 0 Å². The molecule has 1 aliphatic heterocycles. The zero-order chi connectivity index (χ0) is 18.7. The van der Waals surface area contributed by atoms with Gasteiger partial charge in [0.05, 0.1) is 7.11 Å². The zero-order valence-corrected chi connectivity index (χ0v) is 15.9. The fraction of sp³-hybridized carbons (Fsp3) is 0.524. The molecule has 0 atom stereocenters. The first-order chi connectivity index (χ1) is 13.2. The van der Waals surface area contributed by atoms with Crippen molar-refractivity contribution in [2.75, 3.05) is 20.2 Å². The van der Waals surface area contributed by atoms with E-state index in [4.69, 9.17) is 4.74 Å². The molecule has 1 aromatic heterocycles. The van der Waals surface area contributed by atoms with E-state index >= 15 is 0 Å². The lowest BCUT2D eigenvalue weighted by molar-refractivity contribution is 0.0930. The molecule has 1 fully saturated rings. The Kier molecular flexibility index (Phi) is 5.16. The van der Waals surface area contributed by atoms with Gasteiger partial charge in [-0.2, -0.15) is 5.10 Å². The lowest BCUT2D eigenvalue weighted by Gasteiger charge is -2.38. The third kappa shape index (κ3) is 3.58. The van der Waals surface area contributed by atoms with Crippen molar-refractivity contribution >= 4 is 5.91 Å². The quantitative estimate of drug-likeness (QED) is 0.758. The molecule has 2 heterocycles. The summed E-state index contributed by atoms with van der Waals surface area (Å²) < 4.78 is 5.30. The van der Waals surface area contributed by atoms with Crippen molar-refractivity contribution in [3.05, 3.63) is 46.8 Å². The van der Waals surface area contributed by atoms with Crippen LogP contribution in [0.25, 0.3) is 0 Å². The monoisotopic (exact) mass is 368 g/mol. The Labute approximate surface area is 160 Å². The highest BCUT2D eigenvalue weighted by molar-refractivity contribution is 5.94. The largest absolute Gasteiger partial charge is 0.497 e. The first-order valence-electron chi connectivity index (χ1n) is 9.91. The van der Waals surface area contributed by atoms with Gasteiger partial charge in [0.15, 0.2) is 5.69 Å². The zero-order valence-electron chi connectivity index (χ0n) is 15.9. The topological polar surface area (TPSA) is 79.0 Å². The molecule has 0 saturated heterocycles. The molecule has 144 valence electrons. The first kappa shape index (κ1) is 18.0. The second-order valence-electron chi connectivity index (χ2n) is 7.71. The minimum atomic E-state index is -0.0744. The summed E-state index contributed by atoms with van der Waals surface area (Å²) in [5.74, 6) is 0.791. The van der Waals surface area contributed by atoms with E-state index in [1.54, 1.807) is 7.11 Å². The van der Waals surface area contributed by atoms with Crippen LogP contribution in [0.1, 0.15) is 59.4 Å². The maximum Gasteiger partial charge on any atom is 0.272 e. The summed E-state index contributed by atoms with van der Waals surface area (Å²) in [5, 5.41) is 13.8. The summed E-state index contributed by atoms with van der Waals surface area (Å²) in [6.07, 6.45) is 6.75. The number of amides is 1. The average Bonchev–Trinajstić information content (AvgIpc) is 3.17. The normalized spacial score (nSPS) is 18.6. The molecule has 6 heteroatoms. The van der Waals surface area contributed by atoms with E-state index in [9.17, 15) is 4.79 Å². The number of methoxy groups -OCH3 is 1. The van der Waals surface area contributed by atoms with E-state index in [2.05, 4.69) is 33.0 Å². The molecule has 2 aliphatic rings. The second kappa shape index (κ2) is 7.72. The average molecular weight is 368 g/mol. The molecule has 1 amide bonds. The number of fused-ring (bicyclic) bond motifs is 1. The van der Waals surface area contributed by atoms with E-state index in [1.807, 2.05) is 12.1 Å². The minimum absolute atomic E-state index is 0.00516. The molecule has 3 N–H and O–H groups in total. The molecule has 1 aliphatic carbocycles. The predicted octanol–water partition coefficient (Wildman–Crippen LogP) is 2.70. The van der Waals surface area contributed by atoms with Crippen LogP contribution in [0.5, 0.6) is 5.75 Å². The summed E-state index contributed by atoms with van der Waals surface area (Å²) >= 11 is 0. The van der Waals surface area contributed by atoms with Gasteiger partial charge in [0, 0.05) is 42.7 Å². The number of carbonyl (C=O) groups excluding carboxylic acids is 1. The Bertz CT molecular complexity index is 791. The van der Waals surface area contributed by atoms with Crippen molar-refractivity contribution in [3.8, 4) is 5.75 Å². The second-order valence-corrected chi connectivity index (χ2v) is 7.71. The maximum absolute atomic E-state index is 12.9. The van der Waals surface area contributed by atoms with Gasteiger partial charge in [-0.25, -0.2) is 0 Å². The molecular formula is C21H28N4O2. The number of nitrogens with one attached hydrogen (secondary N) is 3. The van der Waals surface area contributed by atoms with Crippen molar-refractivity contribution in [2.45, 2.75) is 50.5 Å². The number of hydrogen-bond donors (Lipinski definition) is 3. The SMILES string of the molecule is COc1ccc(C2(CNC(=O)c3n[nH]c4c3CNCC4)CCCCC2)cc1. The molecule has 4 rings (SSSR count). The molecular weight excluding hydrogens is 340 g/mol. The number of ether oxygens (including phenoxy) is 1. The molecule has 1 saturated carbocycles. The highest BCUT2D eigenvalue weighted by Gasteiger charge is 2.35. The molecule has 0 spiro atoms. The summed E-state index contributed by atoms with van der Waals surface area (Å²) in [5.41, 5.74) is 3.92. The van der Waals surface area contributed by atoms with Gasteiger partial charge in [0.25, 0.3) is 5.91 Å². The molecule has 0 radical (unpaired) electrons. The number of nitrogens with zero attached hydrogens (tertiary/aromatic N) is 1. The number of hydrogen-bond acceptors (Lipinski definition) is 4. The number of aromatic nitrogens is 2. The smallest absolute Gasteiger partial charge is 0.272 e. The number of H-pyrrole nitrogens is 1. The van der Waals surface area contributed by atoms with E-state index in [0.29, 0.717) is 18.8 Å². The molecule has 1 aromatic carbocycles. The van der Waals surface area contributed by atoms with Crippen LogP contribution in [0, 0.1) is 0 Å². The summed E-state index contributed by atoms with van der Waals surface area (Å²) in [6, 6.07) is 8.33. The lowest BCUT2D eigenvalue weighted by atomic mass is 9.69. The Hall–Kier alpha value is -2.34. The fourth-order valence-electron chi connectivity index (χ4n) is 4.49. The molecule has 0 unspecified atom stereocenters. The van der Waals surface area contributed by atoms with Gasteiger partial charge in [0.2, 0.25) is 0 Å². The van der Waals surface area contributed by atoms with Gasteiger partial charge in [-0.3, -0.25) is 9.89 Å². The third-order valence-electron chi connectivity index (χ3n) is 6.12.